The van der Waals surface area contributed by atoms with Crippen LogP contribution >= 0.6 is 0 Å². The van der Waals surface area contributed by atoms with E-state index in [-0.39, 0.29) is 36.5 Å². The summed E-state index contributed by atoms with van der Waals surface area (Å²) >= 11 is 0. The predicted octanol–water partition coefficient (Wildman–Crippen LogP) is 5.32. The van der Waals surface area contributed by atoms with Gasteiger partial charge in [0.15, 0.2) is 0 Å². The molecule has 1 saturated carbocycles. The Balaban J connectivity index is 1.80. The molecule has 1 aliphatic heterocycles. The molecule has 1 aromatic rings. The molecule has 2 N–H and O–H groups in total. The highest BCUT2D eigenvalue weighted by molar-refractivity contribution is 5.33. The molecule has 0 spiro atoms. The number of rotatable bonds is 13. The molecule has 1 saturated heterocycles. The molecule has 1 aliphatic carbocycles. The largest absolute Gasteiger partial charge is 0.573 e. The van der Waals surface area contributed by atoms with Crippen LogP contribution < -0.4 is 10.1 Å². The van der Waals surface area contributed by atoms with Crippen LogP contribution in [0.5, 0.6) is 5.75 Å². The highest BCUT2D eigenvalue weighted by atomic mass is 19.4. The quantitative estimate of drug-likeness (QED) is 0.271. The molecule has 206 valence electrons. The molecule has 3 rings (SSSR count). The molecule has 0 amide bonds. The standard InChI is InChI=1S/C26H39F5N2O3/c1-32-17-22(13-19-15-24(27,28)16-19)33-11-6-8-21(18-33)25(34,10-3-4-12-35-2)20-7-5-9-23(14-20)36-26(29,30)31/h5,7,9,14,19,21-22,32,34H,3-4,6,8,10-13,15-18H2,1-2H3/t21-,22?,25+/m1/s1. The number of unbranched alkanes of at least 4 members (excludes halogenated alkanes) is 1. The average molecular weight is 523 g/mol. The summed E-state index contributed by atoms with van der Waals surface area (Å²) in [5.41, 5.74) is -0.956. The molecule has 1 heterocycles. The zero-order valence-corrected chi connectivity index (χ0v) is 21.1. The van der Waals surface area contributed by atoms with E-state index >= 15 is 0 Å². The van der Waals surface area contributed by atoms with Crippen LogP contribution in [0.2, 0.25) is 0 Å². The Labute approximate surface area is 210 Å². The molecule has 2 aliphatic rings. The average Bonchev–Trinajstić information content (AvgIpc) is 2.79. The van der Waals surface area contributed by atoms with Crippen molar-refractivity contribution in [3.8, 4) is 5.75 Å². The fourth-order valence-corrected chi connectivity index (χ4v) is 5.85. The minimum absolute atomic E-state index is 0.0251. The van der Waals surface area contributed by atoms with Crippen molar-refractivity contribution in [2.75, 3.05) is 40.4 Å². The van der Waals surface area contributed by atoms with E-state index in [1.54, 1.807) is 13.2 Å². The summed E-state index contributed by atoms with van der Waals surface area (Å²) in [6.07, 6.45) is -1.08. The van der Waals surface area contributed by atoms with Gasteiger partial charge in [0.05, 0.1) is 5.60 Å². The smallest absolute Gasteiger partial charge is 0.406 e. The maximum absolute atomic E-state index is 13.4. The lowest BCUT2D eigenvalue weighted by molar-refractivity contribution is -0.274. The van der Waals surface area contributed by atoms with Gasteiger partial charge in [0.25, 0.3) is 0 Å². The molecule has 0 aromatic heterocycles. The van der Waals surface area contributed by atoms with Crippen LogP contribution in [0.3, 0.4) is 0 Å². The third-order valence-corrected chi connectivity index (χ3v) is 7.59. The Kier molecular flexibility index (Phi) is 9.99. The first-order valence-electron chi connectivity index (χ1n) is 12.8. The van der Waals surface area contributed by atoms with Gasteiger partial charge in [-0.25, -0.2) is 8.78 Å². The van der Waals surface area contributed by atoms with Crippen LogP contribution in [0.1, 0.15) is 56.9 Å². The Morgan fingerprint density at radius 1 is 1.22 bits per heavy atom. The van der Waals surface area contributed by atoms with Gasteiger partial charge >= 0.3 is 6.36 Å². The second-order valence-electron chi connectivity index (χ2n) is 10.4. The van der Waals surface area contributed by atoms with Crippen molar-refractivity contribution >= 4 is 0 Å². The number of piperidine rings is 1. The number of aliphatic hydroxyl groups is 1. The maximum atomic E-state index is 13.4. The number of alkyl halides is 5. The third-order valence-electron chi connectivity index (χ3n) is 7.59. The van der Waals surface area contributed by atoms with Gasteiger partial charge < -0.3 is 19.9 Å². The molecular formula is C26H39F5N2O3. The minimum Gasteiger partial charge on any atom is -0.406 e. The summed E-state index contributed by atoms with van der Waals surface area (Å²) in [5.74, 6) is -3.17. The Morgan fingerprint density at radius 2 is 1.97 bits per heavy atom. The van der Waals surface area contributed by atoms with Gasteiger partial charge in [0, 0.05) is 51.6 Å². The highest BCUT2D eigenvalue weighted by Gasteiger charge is 2.47. The monoisotopic (exact) mass is 522 g/mol. The second kappa shape index (κ2) is 12.4. The third kappa shape index (κ3) is 8.00. The maximum Gasteiger partial charge on any atom is 0.573 e. The number of nitrogens with zero attached hydrogens (tertiary/aromatic N) is 1. The number of hydrogen-bond acceptors (Lipinski definition) is 5. The van der Waals surface area contributed by atoms with Crippen molar-refractivity contribution in [2.24, 2.45) is 11.8 Å². The van der Waals surface area contributed by atoms with Gasteiger partial charge in [-0.3, -0.25) is 4.90 Å². The van der Waals surface area contributed by atoms with Gasteiger partial charge in [-0.05, 0) is 75.7 Å². The van der Waals surface area contributed by atoms with Crippen LogP contribution in [-0.2, 0) is 10.3 Å². The van der Waals surface area contributed by atoms with E-state index in [4.69, 9.17) is 4.74 Å². The Bertz CT molecular complexity index is 817. The molecule has 2 fully saturated rings. The highest BCUT2D eigenvalue weighted by Crippen LogP contribution is 2.46. The summed E-state index contributed by atoms with van der Waals surface area (Å²) in [4.78, 5) is 2.26. The van der Waals surface area contributed by atoms with Crippen molar-refractivity contribution in [3.63, 3.8) is 0 Å². The summed E-state index contributed by atoms with van der Waals surface area (Å²) < 4.78 is 74.7. The first kappa shape index (κ1) is 29.1. The number of likely N-dealkylation sites (tertiary alicyclic amines) is 1. The molecule has 0 bridgehead atoms. The van der Waals surface area contributed by atoms with E-state index < -0.39 is 17.9 Å². The fourth-order valence-electron chi connectivity index (χ4n) is 5.85. The summed E-state index contributed by atoms with van der Waals surface area (Å²) in [6, 6.07) is 5.69. The zero-order chi connectivity index (χ0) is 26.4. The van der Waals surface area contributed by atoms with Gasteiger partial charge in [0.1, 0.15) is 5.75 Å². The number of halogens is 5. The molecule has 1 aromatic carbocycles. The van der Waals surface area contributed by atoms with Crippen LogP contribution in [0.15, 0.2) is 24.3 Å². The van der Waals surface area contributed by atoms with E-state index in [1.807, 2.05) is 7.05 Å². The van der Waals surface area contributed by atoms with E-state index in [0.717, 1.165) is 19.4 Å². The number of hydrogen-bond donors (Lipinski definition) is 2. The molecular weight excluding hydrogens is 483 g/mol. The molecule has 1 unspecified atom stereocenters. The summed E-state index contributed by atoms with van der Waals surface area (Å²) in [7, 11) is 3.44. The summed E-state index contributed by atoms with van der Waals surface area (Å²) in [6.45, 7) is 2.51. The lowest BCUT2D eigenvalue weighted by Gasteiger charge is -2.47. The Hall–Kier alpha value is -1.49. The van der Waals surface area contributed by atoms with Gasteiger partial charge in [-0.2, -0.15) is 0 Å². The van der Waals surface area contributed by atoms with Crippen LogP contribution in [0, 0.1) is 11.8 Å². The second-order valence-corrected chi connectivity index (χ2v) is 10.4. The lowest BCUT2D eigenvalue weighted by atomic mass is 9.73. The Morgan fingerprint density at radius 3 is 2.61 bits per heavy atom. The van der Waals surface area contributed by atoms with Crippen molar-refractivity contribution in [1.82, 2.24) is 10.2 Å². The number of nitrogens with one attached hydrogen (secondary N) is 1. The van der Waals surface area contributed by atoms with E-state index in [1.165, 1.54) is 18.2 Å². The SMILES string of the molecule is CNCC(CC1CC(F)(F)C1)N1CCC[C@@H]([C@](O)(CCCCOC)c2cccc(OC(F)(F)F)c2)C1. The zero-order valence-electron chi connectivity index (χ0n) is 21.1. The lowest BCUT2D eigenvalue weighted by Crippen LogP contribution is -2.53. The first-order valence-corrected chi connectivity index (χ1v) is 12.8. The molecule has 3 atom stereocenters. The van der Waals surface area contributed by atoms with Crippen LogP contribution in [0.4, 0.5) is 22.0 Å². The van der Waals surface area contributed by atoms with Crippen molar-refractivity contribution in [2.45, 2.75) is 75.3 Å². The fraction of sp³-hybridized carbons (Fsp3) is 0.769. The van der Waals surface area contributed by atoms with Crippen LogP contribution in [-0.4, -0.2) is 68.7 Å². The van der Waals surface area contributed by atoms with E-state index in [2.05, 4.69) is 15.0 Å². The molecule has 5 nitrogen and oxygen atoms in total. The van der Waals surface area contributed by atoms with Gasteiger partial charge in [0.2, 0.25) is 5.92 Å². The van der Waals surface area contributed by atoms with Gasteiger partial charge in [-0.1, -0.05) is 12.1 Å². The predicted molar refractivity (Wildman–Crippen MR) is 127 cm³/mol. The topological polar surface area (TPSA) is 54.0 Å². The minimum atomic E-state index is -4.82. The number of ether oxygens (including phenoxy) is 2. The van der Waals surface area contributed by atoms with E-state index in [9.17, 15) is 27.1 Å². The molecule has 36 heavy (non-hydrogen) atoms. The molecule has 0 radical (unpaired) electrons. The number of likely N-dealkylation sites (N-methyl/N-ethyl adjacent to an activating group) is 1. The number of benzene rings is 1. The summed E-state index contributed by atoms with van der Waals surface area (Å²) in [5, 5.41) is 15.2. The van der Waals surface area contributed by atoms with Crippen molar-refractivity contribution in [1.29, 1.82) is 0 Å². The molecule has 10 heteroatoms. The van der Waals surface area contributed by atoms with Crippen molar-refractivity contribution in [3.05, 3.63) is 29.8 Å². The van der Waals surface area contributed by atoms with Gasteiger partial charge in [-0.15, -0.1) is 13.2 Å². The number of methoxy groups -OCH3 is 1. The first-order chi connectivity index (χ1) is 17.0. The van der Waals surface area contributed by atoms with Crippen LogP contribution in [0.25, 0.3) is 0 Å². The normalized spacial score (nSPS) is 23.6. The van der Waals surface area contributed by atoms with E-state index in [0.29, 0.717) is 50.9 Å². The van der Waals surface area contributed by atoms with Crippen molar-refractivity contribution < 1.29 is 36.5 Å².